The van der Waals surface area contributed by atoms with Gasteiger partial charge in [-0.2, -0.15) is 0 Å². The van der Waals surface area contributed by atoms with Gasteiger partial charge in [0, 0.05) is 67.0 Å². The highest BCUT2D eigenvalue weighted by Gasteiger charge is 2.65. The number of fused-ring (bicyclic) bond motifs is 10. The number of methoxy groups -OCH3 is 4. The summed E-state index contributed by atoms with van der Waals surface area (Å²) in [5.74, 6) is -1.96. The van der Waals surface area contributed by atoms with Crippen LogP contribution < -0.4 is 29.9 Å². The van der Waals surface area contributed by atoms with E-state index in [9.17, 15) is 44.1 Å². The van der Waals surface area contributed by atoms with Crippen LogP contribution in [0.2, 0.25) is 10.0 Å². The van der Waals surface area contributed by atoms with Crippen molar-refractivity contribution in [2.45, 2.75) is 171 Å². The van der Waals surface area contributed by atoms with Crippen molar-refractivity contribution in [3.8, 4) is 11.5 Å². The molecule has 0 saturated carbocycles. The molecule has 6 aliphatic heterocycles. The van der Waals surface area contributed by atoms with E-state index in [0.29, 0.717) is 35.7 Å². The number of nitrogens with zero attached hydrogens (tertiary/aromatic N) is 3. The molecule has 6 heterocycles. The third-order valence-electron chi connectivity index (χ3n) is 17.6. The molecule has 25 heteroatoms. The maximum atomic E-state index is 14.0. The number of allylic oxidation sites excluding steroid dienone is 6. The molecular weight excluding hydrogens is 1170 g/mol. The lowest BCUT2D eigenvalue weighted by molar-refractivity contribution is -0.161. The van der Waals surface area contributed by atoms with Gasteiger partial charge in [0.15, 0.2) is 11.4 Å². The lowest BCUT2D eigenvalue weighted by atomic mass is 9.83. The molecule has 15 atom stereocenters. The second-order valence-corrected chi connectivity index (χ2v) is 24.6. The largest absolute Gasteiger partial charge is 0.495 e. The Morgan fingerprint density at radius 3 is 1.54 bits per heavy atom. The zero-order valence-corrected chi connectivity index (χ0v) is 53.4. The average molecular weight is 1260 g/mol. The van der Waals surface area contributed by atoms with Gasteiger partial charge in [-0.1, -0.05) is 84.7 Å². The standard InChI is InChI=1S/C34H46ClN3O10.C28H37ClN2O8/c1-18-11-10-12-26(45-9)34(43)17-25(46-32(42)36-34)19(2)30-33(5,48-30)27(47-31(41)20(3)37(6)21(4)39)16-28(40)38(7)23-14-22(13-18)15-24(44-8)29(23)35;1-15-8-7-9-22(37-6)28(35)14-20(38-26(34)30-28)16(2)25-27(3,39-25)21(32)13-23(33)31(4)18-11-17(10-15)12-19(36-5)24(18)29/h10-12,14-15,19-20,25-27,30,43H,13,16-17H2,1-9H3,(H,36,42);7-9,11-12,16,20-22,25,32,35H,10,13-14H2,1-6H3,(H,30,34)/b12-10+,18-11+;9-7+,15-8+/t19-,20+,25?,26-,27+,30+,33+,34+;16-,20?,21+,22-,25+,27+,28+/m11/s1. The summed E-state index contributed by atoms with van der Waals surface area (Å²) in [7, 11) is 10.5. The number of hydrogen-bond acceptors (Lipinski definition) is 18. The summed E-state index contributed by atoms with van der Waals surface area (Å²) in [6.45, 7) is 13.8. The number of aliphatic hydroxyl groups excluding tert-OH is 1. The Morgan fingerprint density at radius 1 is 0.713 bits per heavy atom. The molecule has 8 rings (SSSR count). The highest BCUT2D eigenvalue weighted by molar-refractivity contribution is 6.35. The topological polar surface area (TPSA) is 287 Å². The Kier molecular flexibility index (Phi) is 21.3. The first kappa shape index (κ1) is 68.2. The van der Waals surface area contributed by atoms with Gasteiger partial charge in [-0.15, -0.1) is 0 Å². The van der Waals surface area contributed by atoms with Gasteiger partial charge in [0.05, 0.1) is 56.7 Å². The quantitative estimate of drug-likeness (QED) is 0.110. The molecule has 0 aliphatic carbocycles. The molecule has 0 aromatic heterocycles. The number of nitrogens with one attached hydrogen (secondary N) is 2. The van der Waals surface area contributed by atoms with E-state index in [0.717, 1.165) is 22.3 Å². The molecule has 87 heavy (non-hydrogen) atoms. The molecule has 5 amide bonds. The van der Waals surface area contributed by atoms with Crippen LogP contribution in [-0.4, -0.2) is 183 Å². The number of rotatable bonds is 7. The van der Waals surface area contributed by atoms with Gasteiger partial charge in [-0.25, -0.2) is 14.4 Å². The van der Waals surface area contributed by atoms with Crippen molar-refractivity contribution in [3.63, 3.8) is 0 Å². The van der Waals surface area contributed by atoms with Gasteiger partial charge in [0.25, 0.3) is 0 Å². The molecule has 23 nitrogen and oxygen atoms in total. The summed E-state index contributed by atoms with van der Waals surface area (Å²) >= 11 is 13.3. The Bertz CT molecular complexity index is 3090. The van der Waals surface area contributed by atoms with Crippen LogP contribution in [0.3, 0.4) is 0 Å². The summed E-state index contributed by atoms with van der Waals surface area (Å²) in [5, 5.41) is 39.7. The van der Waals surface area contributed by atoms with Crippen molar-refractivity contribution in [1.82, 2.24) is 15.5 Å². The predicted octanol–water partition coefficient (Wildman–Crippen LogP) is 6.65. The summed E-state index contributed by atoms with van der Waals surface area (Å²) < 4.78 is 51.4. The number of likely N-dealkylation sites (N-methyl/N-ethyl adjacent to an activating group) is 1. The average Bonchev–Trinajstić information content (AvgIpc) is 1.60. The van der Waals surface area contributed by atoms with Crippen LogP contribution in [0.25, 0.3) is 0 Å². The van der Waals surface area contributed by atoms with E-state index in [4.69, 9.17) is 65.8 Å². The first-order valence-corrected chi connectivity index (χ1v) is 29.4. The van der Waals surface area contributed by atoms with Crippen molar-refractivity contribution in [1.29, 1.82) is 0 Å². The fourth-order valence-corrected chi connectivity index (χ4v) is 12.4. The summed E-state index contributed by atoms with van der Waals surface area (Å²) in [5.41, 5.74) is -1.35. The Labute approximate surface area is 517 Å². The van der Waals surface area contributed by atoms with Crippen LogP contribution in [-0.2, 0) is 65.2 Å². The van der Waals surface area contributed by atoms with Crippen LogP contribution in [0.15, 0.2) is 71.9 Å². The number of anilines is 2. The fourth-order valence-electron chi connectivity index (χ4n) is 11.7. The SMILES string of the molecule is COc1cc2cc(c1Cl)N(C)C(=O)C[C@H](O)[C@]1(C)O[C@H]1[C@H](C)C1C[C@@](O)(NC(=O)O1)[C@H](OC)/C=C/C=C(\C)C2.COc1cc2cc(c1Cl)N(C)C(=O)C[C@H](OC(=O)[C@H](C)N(C)C(C)=O)[C@]1(C)O[C@H]1[C@H](C)C1C[C@@](O)(NC(=O)O1)[C@H](OC)/C=C/C=C(\C)C2. The van der Waals surface area contributed by atoms with Gasteiger partial charge in [0.1, 0.15) is 69.3 Å². The zero-order chi connectivity index (χ0) is 64.4. The number of esters is 1. The van der Waals surface area contributed by atoms with Crippen LogP contribution >= 0.6 is 23.2 Å². The van der Waals surface area contributed by atoms with Crippen molar-refractivity contribution < 1.29 is 86.7 Å². The van der Waals surface area contributed by atoms with E-state index >= 15 is 0 Å². The van der Waals surface area contributed by atoms with Crippen LogP contribution in [0, 0.1) is 11.8 Å². The fraction of sp³-hybridized carbons (Fsp3) is 0.581. The smallest absolute Gasteiger partial charge is 0.409 e. The Morgan fingerprint density at radius 2 is 1.13 bits per heavy atom. The molecule has 2 aromatic carbocycles. The molecule has 0 spiro atoms. The number of alkyl carbamates (subject to hydrolysis) is 2. The second-order valence-electron chi connectivity index (χ2n) is 23.8. The van der Waals surface area contributed by atoms with E-state index in [1.807, 2.05) is 45.1 Å². The van der Waals surface area contributed by atoms with Crippen LogP contribution in [0.5, 0.6) is 11.5 Å². The van der Waals surface area contributed by atoms with Gasteiger partial charge < -0.3 is 72.7 Å². The molecule has 2 unspecified atom stereocenters. The molecule has 5 N–H and O–H groups in total. The Balaban J connectivity index is 0.000000254. The number of aliphatic hydroxyl groups is 3. The first-order chi connectivity index (χ1) is 40.8. The third-order valence-corrected chi connectivity index (χ3v) is 18.4. The van der Waals surface area contributed by atoms with E-state index < -0.39 is 113 Å². The number of carbonyl (C=O) groups is 6. The molecule has 0 radical (unpaired) electrons. The molecule has 8 bridgehead atoms. The van der Waals surface area contributed by atoms with Gasteiger partial charge >= 0.3 is 18.2 Å². The van der Waals surface area contributed by atoms with Gasteiger partial charge in [-0.3, -0.25) is 25.0 Å². The lowest BCUT2D eigenvalue weighted by Crippen LogP contribution is -2.63. The minimum Gasteiger partial charge on any atom is -0.495 e. The molecule has 4 fully saturated rings. The molecule has 2 aromatic rings. The maximum absolute atomic E-state index is 14.0. The minimum atomic E-state index is -1.81. The normalized spacial score (nSPS) is 35.2. The number of epoxide rings is 2. The second kappa shape index (κ2) is 27.2. The van der Waals surface area contributed by atoms with E-state index in [1.165, 1.54) is 64.0 Å². The molecule has 6 aliphatic rings. The van der Waals surface area contributed by atoms with E-state index in [2.05, 4.69) is 10.6 Å². The number of hydrogen-bond donors (Lipinski definition) is 5. The van der Waals surface area contributed by atoms with Crippen molar-refractivity contribution in [2.75, 3.05) is 59.4 Å². The number of halogens is 2. The molecule has 4 saturated heterocycles. The number of ether oxygens (including phenoxy) is 9. The van der Waals surface area contributed by atoms with Gasteiger partial charge in [-0.05, 0) is 82.9 Å². The zero-order valence-electron chi connectivity index (χ0n) is 51.9. The van der Waals surface area contributed by atoms with Gasteiger partial charge in [0.2, 0.25) is 17.7 Å². The van der Waals surface area contributed by atoms with Crippen LogP contribution in [0.4, 0.5) is 21.0 Å². The van der Waals surface area contributed by atoms with Crippen molar-refractivity contribution in [3.05, 3.63) is 93.0 Å². The predicted molar refractivity (Wildman–Crippen MR) is 321 cm³/mol. The monoisotopic (exact) mass is 1260 g/mol. The first-order valence-electron chi connectivity index (χ1n) is 28.7. The summed E-state index contributed by atoms with van der Waals surface area (Å²) in [4.78, 5) is 81.8. The maximum Gasteiger partial charge on any atom is 0.409 e. The number of carbonyl (C=O) groups excluding carboxylic acids is 6. The molecule has 478 valence electrons. The van der Waals surface area contributed by atoms with Crippen LogP contribution in [0.1, 0.15) is 92.2 Å². The summed E-state index contributed by atoms with van der Waals surface area (Å²) in [6, 6.07) is 6.26. The van der Waals surface area contributed by atoms with E-state index in [1.54, 1.807) is 71.3 Å². The highest BCUT2D eigenvalue weighted by Crippen LogP contribution is 2.51. The van der Waals surface area contributed by atoms with E-state index in [-0.39, 0.29) is 47.5 Å². The lowest BCUT2D eigenvalue weighted by Gasteiger charge is -2.42. The Hall–Kier alpha value is -6.28. The van der Waals surface area contributed by atoms with Crippen molar-refractivity contribution >= 4 is 70.5 Å². The highest BCUT2D eigenvalue weighted by atomic mass is 35.5. The number of amides is 5. The number of benzene rings is 2. The molecular formula is C62H83Cl2N5O18. The summed E-state index contributed by atoms with van der Waals surface area (Å²) in [6.07, 6.45) is 2.65. The minimum absolute atomic E-state index is 0.0310. The van der Waals surface area contributed by atoms with Crippen molar-refractivity contribution in [2.24, 2.45) is 11.8 Å². The third kappa shape index (κ3) is 14.9.